The molecule has 5 rings (SSSR count). The van der Waals surface area contributed by atoms with E-state index >= 15 is 0 Å². The zero-order valence-corrected chi connectivity index (χ0v) is 13.6. The molecule has 114 valence electrons. The Morgan fingerprint density at radius 3 is 2.86 bits per heavy atom. The van der Waals surface area contributed by atoms with Gasteiger partial charge in [0.15, 0.2) is 0 Å². The van der Waals surface area contributed by atoms with E-state index in [-0.39, 0.29) is 0 Å². The van der Waals surface area contributed by atoms with Gasteiger partial charge in [0.25, 0.3) is 0 Å². The van der Waals surface area contributed by atoms with Crippen LogP contribution in [0.5, 0.6) is 0 Å². The maximum atomic E-state index is 3.84. The van der Waals surface area contributed by atoms with Crippen LogP contribution in [0.15, 0.2) is 41.1 Å². The van der Waals surface area contributed by atoms with Gasteiger partial charge in [-0.2, -0.15) is 11.3 Å². The van der Waals surface area contributed by atoms with E-state index in [0.717, 1.165) is 5.92 Å². The number of nitrogens with zero attached hydrogens (tertiary/aromatic N) is 1. The predicted molar refractivity (Wildman–Crippen MR) is 92.3 cm³/mol. The number of nitrogens with one attached hydrogen (secondary N) is 1. The van der Waals surface area contributed by atoms with Crippen molar-refractivity contribution < 1.29 is 0 Å². The van der Waals surface area contributed by atoms with Crippen molar-refractivity contribution in [3.8, 4) is 0 Å². The van der Waals surface area contributed by atoms with E-state index in [1.807, 2.05) is 11.3 Å². The molecule has 1 saturated carbocycles. The van der Waals surface area contributed by atoms with Crippen LogP contribution in [-0.2, 0) is 0 Å². The third kappa shape index (κ3) is 2.10. The van der Waals surface area contributed by atoms with E-state index in [1.54, 1.807) is 0 Å². The molecule has 1 aromatic heterocycles. The molecular formula is C19H22N2S. The van der Waals surface area contributed by atoms with E-state index in [9.17, 15) is 0 Å². The third-order valence-corrected chi connectivity index (χ3v) is 6.36. The second kappa shape index (κ2) is 5.10. The first-order chi connectivity index (χ1) is 10.9. The van der Waals surface area contributed by atoms with Crippen molar-refractivity contribution in [1.29, 1.82) is 0 Å². The van der Waals surface area contributed by atoms with Gasteiger partial charge in [0.05, 0.1) is 6.04 Å². The van der Waals surface area contributed by atoms with Crippen LogP contribution in [-0.4, -0.2) is 18.0 Å². The summed E-state index contributed by atoms with van der Waals surface area (Å²) in [4.78, 5) is 2.78. The molecule has 1 aromatic carbocycles. The van der Waals surface area contributed by atoms with Gasteiger partial charge in [0.2, 0.25) is 0 Å². The first-order valence-electron chi connectivity index (χ1n) is 8.52. The van der Waals surface area contributed by atoms with Crippen LogP contribution in [0.1, 0.15) is 42.5 Å². The highest BCUT2D eigenvalue weighted by atomic mass is 32.1. The molecule has 2 aromatic rings. The van der Waals surface area contributed by atoms with E-state index < -0.39 is 0 Å². The minimum Gasteiger partial charge on any atom is -0.378 e. The summed E-state index contributed by atoms with van der Waals surface area (Å²) in [6, 6.07) is 12.4. The Hall–Kier alpha value is -1.32. The van der Waals surface area contributed by atoms with Gasteiger partial charge in [-0.25, -0.2) is 0 Å². The first-order valence-corrected chi connectivity index (χ1v) is 9.46. The van der Waals surface area contributed by atoms with Crippen molar-refractivity contribution in [1.82, 2.24) is 4.90 Å². The highest BCUT2D eigenvalue weighted by molar-refractivity contribution is 7.08. The lowest BCUT2D eigenvalue weighted by atomic mass is 9.80. The zero-order valence-electron chi connectivity index (χ0n) is 12.7. The molecule has 0 bridgehead atoms. The number of benzene rings is 1. The summed E-state index contributed by atoms with van der Waals surface area (Å²) in [7, 11) is 0. The largest absolute Gasteiger partial charge is 0.378 e. The number of likely N-dealkylation sites (tertiary alicyclic amines) is 1. The van der Waals surface area contributed by atoms with Crippen LogP contribution in [0, 0.1) is 11.8 Å². The minimum atomic E-state index is 0.482. The van der Waals surface area contributed by atoms with Crippen LogP contribution >= 0.6 is 11.3 Å². The van der Waals surface area contributed by atoms with Crippen LogP contribution in [0.2, 0.25) is 0 Å². The van der Waals surface area contributed by atoms with E-state index in [0.29, 0.717) is 18.0 Å². The maximum absolute atomic E-state index is 3.84. The second-order valence-corrected chi connectivity index (χ2v) is 7.88. The lowest BCUT2D eigenvalue weighted by Gasteiger charge is -2.40. The zero-order chi connectivity index (χ0) is 14.5. The molecule has 2 aliphatic heterocycles. The Morgan fingerprint density at radius 2 is 2.05 bits per heavy atom. The predicted octanol–water partition coefficient (Wildman–Crippen LogP) is 4.69. The molecule has 2 fully saturated rings. The molecule has 3 atom stereocenters. The molecular weight excluding hydrogens is 288 g/mol. The number of para-hydroxylation sites is 1. The third-order valence-electron chi connectivity index (χ3n) is 5.66. The molecule has 3 heterocycles. The molecule has 3 aliphatic rings. The molecule has 1 saturated heterocycles. The number of fused-ring (bicyclic) bond motifs is 3. The SMILES string of the molecule is c1ccc2c(c1)NC(c1ccsc1)C1CCN(CC3CC3)C21. The average Bonchev–Trinajstić information content (AvgIpc) is 3.03. The molecule has 3 heteroatoms. The summed E-state index contributed by atoms with van der Waals surface area (Å²) in [5.74, 6) is 1.68. The van der Waals surface area contributed by atoms with E-state index in [2.05, 4.69) is 51.3 Å². The summed E-state index contributed by atoms with van der Waals surface area (Å²) in [5.41, 5.74) is 4.35. The van der Waals surface area contributed by atoms with Gasteiger partial charge in [0.1, 0.15) is 0 Å². The number of hydrogen-bond acceptors (Lipinski definition) is 3. The smallest absolute Gasteiger partial charge is 0.0569 e. The molecule has 3 unspecified atom stereocenters. The van der Waals surface area contributed by atoms with Gasteiger partial charge in [-0.1, -0.05) is 18.2 Å². The van der Waals surface area contributed by atoms with Gasteiger partial charge >= 0.3 is 0 Å². The van der Waals surface area contributed by atoms with Crippen molar-refractivity contribution in [2.75, 3.05) is 18.4 Å². The molecule has 0 amide bonds. The maximum Gasteiger partial charge on any atom is 0.0569 e. The van der Waals surface area contributed by atoms with Crippen LogP contribution in [0.3, 0.4) is 0 Å². The fourth-order valence-corrected chi connectivity index (χ4v) is 5.14. The summed E-state index contributed by atoms with van der Waals surface area (Å²) in [6.45, 7) is 2.58. The Morgan fingerprint density at radius 1 is 1.14 bits per heavy atom. The molecule has 1 N–H and O–H groups in total. The molecule has 2 nitrogen and oxygen atoms in total. The summed E-state index contributed by atoms with van der Waals surface area (Å²) in [6.07, 6.45) is 4.21. The summed E-state index contributed by atoms with van der Waals surface area (Å²) < 4.78 is 0. The first kappa shape index (κ1) is 13.1. The Labute approximate surface area is 136 Å². The quantitative estimate of drug-likeness (QED) is 0.885. The fraction of sp³-hybridized carbons (Fsp3) is 0.474. The standard InChI is InChI=1S/C19H22N2S/c1-2-4-17-15(3-1)19-16(7-9-21(19)11-13-5-6-13)18(20-17)14-8-10-22-12-14/h1-4,8,10,12-13,16,18-20H,5-7,9,11H2. The Balaban J connectivity index is 1.55. The van der Waals surface area contributed by atoms with Gasteiger partial charge in [-0.05, 0) is 65.7 Å². The minimum absolute atomic E-state index is 0.482. The number of hydrogen-bond donors (Lipinski definition) is 1. The summed E-state index contributed by atoms with van der Waals surface area (Å²) in [5, 5.41) is 8.38. The highest BCUT2D eigenvalue weighted by Crippen LogP contribution is 2.52. The normalized spacial score (nSPS) is 30.6. The van der Waals surface area contributed by atoms with Gasteiger partial charge in [-0.15, -0.1) is 0 Å². The van der Waals surface area contributed by atoms with Crippen molar-refractivity contribution in [3.63, 3.8) is 0 Å². The number of thiophene rings is 1. The Kier molecular flexibility index (Phi) is 3.05. The van der Waals surface area contributed by atoms with Crippen LogP contribution in [0.25, 0.3) is 0 Å². The lowest BCUT2D eigenvalue weighted by Crippen LogP contribution is -2.35. The monoisotopic (exact) mass is 310 g/mol. The molecule has 0 radical (unpaired) electrons. The molecule has 1 aliphatic carbocycles. The topological polar surface area (TPSA) is 15.3 Å². The van der Waals surface area contributed by atoms with Crippen molar-refractivity contribution in [2.24, 2.45) is 11.8 Å². The van der Waals surface area contributed by atoms with Crippen molar-refractivity contribution in [3.05, 3.63) is 52.2 Å². The number of rotatable bonds is 3. The number of anilines is 1. The lowest BCUT2D eigenvalue weighted by molar-refractivity contribution is 0.205. The highest BCUT2D eigenvalue weighted by Gasteiger charge is 2.45. The van der Waals surface area contributed by atoms with Gasteiger partial charge in [-0.3, -0.25) is 4.90 Å². The van der Waals surface area contributed by atoms with E-state index in [1.165, 1.54) is 49.2 Å². The van der Waals surface area contributed by atoms with Crippen LogP contribution in [0.4, 0.5) is 5.69 Å². The van der Waals surface area contributed by atoms with Crippen molar-refractivity contribution >= 4 is 17.0 Å². The Bertz CT molecular complexity index is 662. The summed E-state index contributed by atoms with van der Waals surface area (Å²) >= 11 is 1.82. The second-order valence-electron chi connectivity index (χ2n) is 7.10. The molecule has 0 spiro atoms. The van der Waals surface area contributed by atoms with Crippen LogP contribution < -0.4 is 5.32 Å². The molecule has 22 heavy (non-hydrogen) atoms. The fourth-order valence-electron chi connectivity index (χ4n) is 4.44. The average molecular weight is 310 g/mol. The van der Waals surface area contributed by atoms with Gasteiger partial charge < -0.3 is 5.32 Å². The van der Waals surface area contributed by atoms with Crippen molar-refractivity contribution in [2.45, 2.75) is 31.3 Å². The van der Waals surface area contributed by atoms with Gasteiger partial charge in [0, 0.05) is 24.2 Å². The van der Waals surface area contributed by atoms with E-state index in [4.69, 9.17) is 0 Å².